The average Bonchev–Trinajstić information content (AvgIpc) is 3.60. The van der Waals surface area contributed by atoms with E-state index in [1.165, 1.54) is 30.3 Å². The molecule has 0 aliphatic rings. The molecule has 0 radical (unpaired) electrons. The number of aromatic amines is 2. The molecule has 6 aromatic rings. The van der Waals surface area contributed by atoms with Gasteiger partial charge in [0.1, 0.15) is 34.4 Å². The Labute approximate surface area is 239 Å². The first-order chi connectivity index (χ1) is 20.5. The van der Waals surface area contributed by atoms with Crippen LogP contribution in [0.4, 0.5) is 43.7 Å². The number of nitrogens with one attached hydrogen (secondary N) is 4. The second-order valence-corrected chi connectivity index (χ2v) is 8.93. The SMILES string of the molecule is FC(F)(F)Oc1cccc(Nc2ccc3cc[nH]c3n2)c1.FC(F)(F)Oc1ccccc1CNc1ccc2cc[nH]c2n1. The zero-order valence-electron chi connectivity index (χ0n) is 21.9. The Morgan fingerprint density at radius 2 is 1.28 bits per heavy atom. The van der Waals surface area contributed by atoms with Crippen molar-refractivity contribution in [1.82, 2.24) is 19.9 Å². The van der Waals surface area contributed by atoms with Gasteiger partial charge in [-0.05, 0) is 54.6 Å². The van der Waals surface area contributed by atoms with Crippen LogP contribution in [0.5, 0.6) is 11.5 Å². The number of pyridine rings is 2. The maximum Gasteiger partial charge on any atom is 0.573 e. The highest BCUT2D eigenvalue weighted by Crippen LogP contribution is 2.28. The lowest BCUT2D eigenvalue weighted by molar-refractivity contribution is -0.275. The Kier molecular flexibility index (Phi) is 8.27. The lowest BCUT2D eigenvalue weighted by Gasteiger charge is -2.13. The van der Waals surface area contributed by atoms with E-state index >= 15 is 0 Å². The third kappa shape index (κ3) is 8.31. The van der Waals surface area contributed by atoms with Crippen molar-refractivity contribution in [2.24, 2.45) is 0 Å². The van der Waals surface area contributed by atoms with Crippen LogP contribution in [-0.2, 0) is 6.54 Å². The van der Waals surface area contributed by atoms with Crippen LogP contribution in [-0.4, -0.2) is 32.7 Å². The number of aromatic nitrogens is 4. The molecule has 8 nitrogen and oxygen atoms in total. The second-order valence-electron chi connectivity index (χ2n) is 8.93. The normalized spacial score (nSPS) is 11.6. The summed E-state index contributed by atoms with van der Waals surface area (Å²) >= 11 is 0. The average molecular weight is 601 g/mol. The van der Waals surface area contributed by atoms with E-state index in [0.29, 0.717) is 34.2 Å². The number of rotatable bonds is 7. The van der Waals surface area contributed by atoms with Gasteiger partial charge in [-0.1, -0.05) is 24.3 Å². The highest BCUT2D eigenvalue weighted by atomic mass is 19.4. The second kappa shape index (κ2) is 12.2. The molecule has 0 unspecified atom stereocenters. The summed E-state index contributed by atoms with van der Waals surface area (Å²) in [5.74, 6) is 0.586. The molecular weight excluding hydrogens is 578 g/mol. The number of ether oxygens (including phenoxy) is 2. The number of benzene rings is 2. The molecule has 0 bridgehead atoms. The number of halogens is 6. The molecule has 0 fully saturated rings. The number of para-hydroxylation sites is 1. The monoisotopic (exact) mass is 600 g/mol. The number of anilines is 3. The van der Waals surface area contributed by atoms with Gasteiger partial charge in [0.15, 0.2) is 0 Å². The Bertz CT molecular complexity index is 1820. The van der Waals surface area contributed by atoms with Gasteiger partial charge in [0, 0.05) is 47.0 Å². The van der Waals surface area contributed by atoms with Crippen molar-refractivity contribution < 1.29 is 35.8 Å². The van der Waals surface area contributed by atoms with Crippen LogP contribution in [0.1, 0.15) is 5.56 Å². The molecule has 43 heavy (non-hydrogen) atoms. The van der Waals surface area contributed by atoms with Gasteiger partial charge >= 0.3 is 12.7 Å². The molecule has 4 heterocycles. The van der Waals surface area contributed by atoms with E-state index in [2.05, 4.69) is 40.0 Å². The molecule has 0 saturated carbocycles. The zero-order chi connectivity index (χ0) is 30.5. The largest absolute Gasteiger partial charge is 0.573 e. The molecule has 6 rings (SSSR count). The van der Waals surface area contributed by atoms with Gasteiger partial charge in [0.05, 0.1) is 0 Å². The summed E-state index contributed by atoms with van der Waals surface area (Å²) in [4.78, 5) is 14.6. The summed E-state index contributed by atoms with van der Waals surface area (Å²) in [6.45, 7) is 0.172. The van der Waals surface area contributed by atoms with Crippen molar-refractivity contribution >= 4 is 39.4 Å². The third-order valence-corrected chi connectivity index (χ3v) is 5.82. The summed E-state index contributed by atoms with van der Waals surface area (Å²) in [5.41, 5.74) is 2.26. The highest BCUT2D eigenvalue weighted by Gasteiger charge is 2.32. The third-order valence-electron chi connectivity index (χ3n) is 5.82. The topological polar surface area (TPSA) is 99.9 Å². The van der Waals surface area contributed by atoms with Crippen molar-refractivity contribution in [3.63, 3.8) is 0 Å². The van der Waals surface area contributed by atoms with Crippen LogP contribution < -0.4 is 20.1 Å². The number of hydrogen-bond acceptors (Lipinski definition) is 6. The maximum absolute atomic E-state index is 12.4. The fraction of sp³-hybridized carbons (Fsp3) is 0.103. The summed E-state index contributed by atoms with van der Waals surface area (Å²) in [6, 6.07) is 22.6. The minimum absolute atomic E-state index is 0.172. The van der Waals surface area contributed by atoms with E-state index < -0.39 is 12.7 Å². The highest BCUT2D eigenvalue weighted by molar-refractivity contribution is 5.78. The van der Waals surface area contributed by atoms with Gasteiger partial charge in [-0.3, -0.25) is 0 Å². The number of H-pyrrole nitrogens is 2. The number of alkyl halides is 6. The van der Waals surface area contributed by atoms with Crippen molar-refractivity contribution in [3.05, 3.63) is 103 Å². The van der Waals surface area contributed by atoms with E-state index in [4.69, 9.17) is 0 Å². The van der Waals surface area contributed by atoms with Gasteiger partial charge in [-0.15, -0.1) is 26.3 Å². The number of hydrogen-bond donors (Lipinski definition) is 4. The van der Waals surface area contributed by atoms with Gasteiger partial charge in [0.2, 0.25) is 0 Å². The van der Waals surface area contributed by atoms with Crippen molar-refractivity contribution in [3.8, 4) is 11.5 Å². The molecule has 0 spiro atoms. The molecule has 222 valence electrons. The first-order valence-corrected chi connectivity index (χ1v) is 12.6. The number of nitrogens with zero attached hydrogens (tertiary/aromatic N) is 2. The first kappa shape index (κ1) is 29.1. The van der Waals surface area contributed by atoms with Crippen LogP contribution >= 0.6 is 0 Å². The molecule has 4 N–H and O–H groups in total. The lowest BCUT2D eigenvalue weighted by Crippen LogP contribution is -2.18. The summed E-state index contributed by atoms with van der Waals surface area (Å²) < 4.78 is 81.5. The van der Waals surface area contributed by atoms with Crippen molar-refractivity contribution in [2.45, 2.75) is 19.3 Å². The fourth-order valence-electron chi connectivity index (χ4n) is 4.01. The van der Waals surface area contributed by atoms with Gasteiger partial charge in [-0.25, -0.2) is 9.97 Å². The Morgan fingerprint density at radius 3 is 1.95 bits per heavy atom. The van der Waals surface area contributed by atoms with E-state index in [0.717, 1.165) is 10.8 Å². The number of fused-ring (bicyclic) bond motifs is 2. The van der Waals surface area contributed by atoms with Gasteiger partial charge in [0.25, 0.3) is 0 Å². The predicted octanol–water partition coefficient (Wildman–Crippen LogP) is 8.28. The summed E-state index contributed by atoms with van der Waals surface area (Å²) in [6.07, 6.45) is -5.88. The Hall–Kier alpha value is -5.40. The quantitative estimate of drug-likeness (QED) is 0.138. The Balaban J connectivity index is 0.000000171. The predicted molar refractivity (Wildman–Crippen MR) is 149 cm³/mol. The van der Waals surface area contributed by atoms with Crippen molar-refractivity contribution in [1.29, 1.82) is 0 Å². The van der Waals surface area contributed by atoms with Crippen LogP contribution in [0.15, 0.2) is 97.3 Å². The fourth-order valence-corrected chi connectivity index (χ4v) is 4.01. The molecule has 4 aromatic heterocycles. The molecule has 0 aliphatic heterocycles. The summed E-state index contributed by atoms with van der Waals surface area (Å²) in [5, 5.41) is 7.84. The Morgan fingerprint density at radius 1 is 0.651 bits per heavy atom. The minimum Gasteiger partial charge on any atom is -0.406 e. The van der Waals surface area contributed by atoms with Crippen LogP contribution in [0.3, 0.4) is 0 Å². The lowest BCUT2D eigenvalue weighted by atomic mass is 10.2. The smallest absolute Gasteiger partial charge is 0.406 e. The molecule has 0 aliphatic carbocycles. The zero-order valence-corrected chi connectivity index (χ0v) is 21.9. The maximum atomic E-state index is 12.4. The molecule has 2 aromatic carbocycles. The summed E-state index contributed by atoms with van der Waals surface area (Å²) in [7, 11) is 0. The molecular formula is C29H22F6N6O2. The molecule has 0 amide bonds. The molecule has 14 heteroatoms. The van der Waals surface area contributed by atoms with E-state index in [-0.39, 0.29) is 18.0 Å². The standard InChI is InChI=1S/C15H12F3N3O.C14H10F3N3O/c16-15(17,18)22-12-4-2-1-3-11(12)9-20-13-6-5-10-7-8-19-14(10)21-13;15-14(16,17)21-11-3-1-2-10(8-11)19-12-5-4-9-6-7-18-13(9)20-12/h1-8H,9H2,(H2,19,20,21);1-8H,(H2,18,19,20). The first-order valence-electron chi connectivity index (χ1n) is 12.6. The van der Waals surface area contributed by atoms with Crippen LogP contribution in [0.25, 0.3) is 22.1 Å². The van der Waals surface area contributed by atoms with E-state index in [1.54, 1.807) is 42.7 Å². The van der Waals surface area contributed by atoms with E-state index in [9.17, 15) is 26.3 Å². The minimum atomic E-state index is -4.71. The van der Waals surface area contributed by atoms with E-state index in [1.807, 2.05) is 24.3 Å². The molecule has 0 atom stereocenters. The van der Waals surface area contributed by atoms with Crippen LogP contribution in [0.2, 0.25) is 0 Å². The van der Waals surface area contributed by atoms with Gasteiger partial charge in [-0.2, -0.15) is 0 Å². The van der Waals surface area contributed by atoms with Crippen LogP contribution in [0, 0.1) is 0 Å². The van der Waals surface area contributed by atoms with Gasteiger partial charge < -0.3 is 30.1 Å². The molecule has 0 saturated heterocycles. The van der Waals surface area contributed by atoms with Crippen molar-refractivity contribution in [2.75, 3.05) is 10.6 Å².